The van der Waals surface area contributed by atoms with Gasteiger partial charge in [0.15, 0.2) is 0 Å². The Bertz CT molecular complexity index is 373. The molecular formula is C16H25NO. The minimum Gasteiger partial charge on any atom is -0.497 e. The molecule has 0 bridgehead atoms. The van der Waals surface area contributed by atoms with Crippen molar-refractivity contribution in [1.82, 2.24) is 5.32 Å². The van der Waals surface area contributed by atoms with Crippen molar-refractivity contribution in [2.45, 2.75) is 45.7 Å². The van der Waals surface area contributed by atoms with E-state index in [-0.39, 0.29) is 0 Å². The van der Waals surface area contributed by atoms with E-state index in [2.05, 4.69) is 38.2 Å². The van der Waals surface area contributed by atoms with Gasteiger partial charge in [0.1, 0.15) is 5.75 Å². The van der Waals surface area contributed by atoms with Crippen molar-refractivity contribution in [3.8, 4) is 5.75 Å². The smallest absolute Gasteiger partial charge is 0.118 e. The molecule has 1 aromatic carbocycles. The highest BCUT2D eigenvalue weighted by Gasteiger charge is 2.30. The Kier molecular flexibility index (Phi) is 4.28. The maximum absolute atomic E-state index is 5.19. The van der Waals surface area contributed by atoms with Gasteiger partial charge in [0.25, 0.3) is 0 Å². The highest BCUT2D eigenvalue weighted by Crippen LogP contribution is 2.32. The zero-order chi connectivity index (χ0) is 13.1. The first-order valence-corrected chi connectivity index (χ1v) is 7.01. The monoisotopic (exact) mass is 247 g/mol. The molecule has 0 amide bonds. The van der Waals surface area contributed by atoms with Gasteiger partial charge in [-0.2, -0.15) is 0 Å². The Balaban J connectivity index is 1.96. The molecule has 2 rings (SSSR count). The number of hydrogen-bond acceptors (Lipinski definition) is 2. The molecule has 18 heavy (non-hydrogen) atoms. The maximum atomic E-state index is 5.19. The minimum absolute atomic E-state index is 0.411. The Morgan fingerprint density at radius 3 is 2.33 bits per heavy atom. The van der Waals surface area contributed by atoms with Crippen LogP contribution in [-0.4, -0.2) is 13.2 Å². The first kappa shape index (κ1) is 13.4. The molecule has 1 aliphatic rings. The summed E-state index contributed by atoms with van der Waals surface area (Å²) in [6, 6.07) is 9.45. The molecular weight excluding hydrogens is 222 g/mol. The van der Waals surface area contributed by atoms with Gasteiger partial charge in [-0.3, -0.25) is 0 Å². The topological polar surface area (TPSA) is 21.3 Å². The Morgan fingerprint density at radius 1 is 1.17 bits per heavy atom. The predicted octanol–water partition coefficient (Wildman–Crippen LogP) is 3.78. The molecule has 0 spiro atoms. The number of nitrogens with one attached hydrogen (secondary N) is 1. The summed E-state index contributed by atoms with van der Waals surface area (Å²) in [5.41, 5.74) is 1.34. The molecule has 0 aliphatic heterocycles. The van der Waals surface area contributed by atoms with Crippen molar-refractivity contribution in [3.63, 3.8) is 0 Å². The number of hydrogen-bond donors (Lipinski definition) is 1. The molecule has 2 heteroatoms. The van der Waals surface area contributed by atoms with E-state index >= 15 is 0 Å². The third kappa shape index (κ3) is 2.86. The summed E-state index contributed by atoms with van der Waals surface area (Å²) in [5, 5.41) is 3.77. The van der Waals surface area contributed by atoms with Gasteiger partial charge in [-0.05, 0) is 49.3 Å². The first-order valence-electron chi connectivity index (χ1n) is 7.01. The second kappa shape index (κ2) is 5.75. The number of rotatable bonds is 4. The molecule has 1 saturated carbocycles. The van der Waals surface area contributed by atoms with Crippen LogP contribution in [0.1, 0.15) is 45.2 Å². The van der Waals surface area contributed by atoms with Crippen LogP contribution in [0.5, 0.6) is 5.75 Å². The van der Waals surface area contributed by atoms with Gasteiger partial charge < -0.3 is 10.1 Å². The molecule has 4 unspecified atom stereocenters. The van der Waals surface area contributed by atoms with Gasteiger partial charge >= 0.3 is 0 Å². The van der Waals surface area contributed by atoms with Crippen molar-refractivity contribution in [1.29, 1.82) is 0 Å². The fraction of sp³-hybridized carbons (Fsp3) is 0.625. The zero-order valence-electron chi connectivity index (χ0n) is 11.9. The predicted molar refractivity (Wildman–Crippen MR) is 75.9 cm³/mol. The fourth-order valence-corrected chi connectivity index (χ4v) is 2.91. The van der Waals surface area contributed by atoms with E-state index in [1.807, 2.05) is 12.1 Å². The SMILES string of the molecule is COc1ccc(C(C)NC2CCC(C)C2C)cc1. The van der Waals surface area contributed by atoms with Gasteiger partial charge in [-0.15, -0.1) is 0 Å². The molecule has 0 aromatic heterocycles. The largest absolute Gasteiger partial charge is 0.497 e. The van der Waals surface area contributed by atoms with E-state index < -0.39 is 0 Å². The van der Waals surface area contributed by atoms with Crippen LogP contribution in [0.4, 0.5) is 0 Å². The summed E-state index contributed by atoms with van der Waals surface area (Å²) in [6.07, 6.45) is 2.66. The molecule has 4 atom stereocenters. The Hall–Kier alpha value is -1.02. The van der Waals surface area contributed by atoms with Crippen molar-refractivity contribution >= 4 is 0 Å². The van der Waals surface area contributed by atoms with Crippen molar-refractivity contribution < 1.29 is 4.74 Å². The average Bonchev–Trinajstić information content (AvgIpc) is 2.71. The second-order valence-electron chi connectivity index (χ2n) is 5.68. The van der Waals surface area contributed by atoms with Gasteiger partial charge in [0.2, 0.25) is 0 Å². The summed E-state index contributed by atoms with van der Waals surface area (Å²) < 4.78 is 5.19. The molecule has 2 nitrogen and oxygen atoms in total. The molecule has 1 fully saturated rings. The lowest BCUT2D eigenvalue weighted by atomic mass is 9.96. The van der Waals surface area contributed by atoms with E-state index in [4.69, 9.17) is 4.74 Å². The minimum atomic E-state index is 0.411. The van der Waals surface area contributed by atoms with Crippen molar-refractivity contribution in [2.75, 3.05) is 7.11 Å². The molecule has 0 heterocycles. The summed E-state index contributed by atoms with van der Waals surface area (Å²) >= 11 is 0. The van der Waals surface area contributed by atoms with Crippen LogP contribution in [0, 0.1) is 11.8 Å². The normalized spacial score (nSPS) is 29.2. The molecule has 1 aliphatic carbocycles. The van der Waals surface area contributed by atoms with E-state index in [0.717, 1.165) is 17.6 Å². The van der Waals surface area contributed by atoms with E-state index in [0.29, 0.717) is 12.1 Å². The molecule has 1 aromatic rings. The van der Waals surface area contributed by atoms with Gasteiger partial charge in [-0.25, -0.2) is 0 Å². The molecule has 0 radical (unpaired) electrons. The van der Waals surface area contributed by atoms with Gasteiger partial charge in [0, 0.05) is 12.1 Å². The molecule has 100 valence electrons. The lowest BCUT2D eigenvalue weighted by molar-refractivity contribution is 0.347. The lowest BCUT2D eigenvalue weighted by Crippen LogP contribution is -2.34. The van der Waals surface area contributed by atoms with Crippen LogP contribution in [0.15, 0.2) is 24.3 Å². The van der Waals surface area contributed by atoms with Crippen LogP contribution in [0.3, 0.4) is 0 Å². The quantitative estimate of drug-likeness (QED) is 0.874. The van der Waals surface area contributed by atoms with Crippen molar-refractivity contribution in [2.24, 2.45) is 11.8 Å². The van der Waals surface area contributed by atoms with Crippen LogP contribution in [0.25, 0.3) is 0 Å². The number of benzene rings is 1. The average molecular weight is 247 g/mol. The standard InChI is InChI=1S/C16H25NO/c1-11-5-10-16(12(11)2)17-13(3)14-6-8-15(18-4)9-7-14/h6-9,11-13,16-17H,5,10H2,1-4H3. The van der Waals surface area contributed by atoms with Gasteiger partial charge in [-0.1, -0.05) is 26.0 Å². The van der Waals surface area contributed by atoms with Crippen LogP contribution in [0.2, 0.25) is 0 Å². The summed E-state index contributed by atoms with van der Waals surface area (Å²) in [5.74, 6) is 2.56. The third-order valence-electron chi connectivity index (χ3n) is 4.55. The van der Waals surface area contributed by atoms with E-state index in [9.17, 15) is 0 Å². The maximum Gasteiger partial charge on any atom is 0.118 e. The first-order chi connectivity index (χ1) is 8.61. The second-order valence-corrected chi connectivity index (χ2v) is 5.68. The number of methoxy groups -OCH3 is 1. The van der Waals surface area contributed by atoms with Gasteiger partial charge in [0.05, 0.1) is 7.11 Å². The van der Waals surface area contributed by atoms with Crippen LogP contribution in [-0.2, 0) is 0 Å². The number of ether oxygens (including phenoxy) is 1. The summed E-state index contributed by atoms with van der Waals surface area (Å²) in [6.45, 7) is 6.98. The Labute approximate surface area is 111 Å². The van der Waals surface area contributed by atoms with Crippen LogP contribution >= 0.6 is 0 Å². The summed E-state index contributed by atoms with van der Waals surface area (Å²) in [7, 11) is 1.71. The van der Waals surface area contributed by atoms with E-state index in [1.54, 1.807) is 7.11 Å². The highest BCUT2D eigenvalue weighted by atomic mass is 16.5. The molecule has 1 N–H and O–H groups in total. The Morgan fingerprint density at radius 2 is 1.83 bits per heavy atom. The lowest BCUT2D eigenvalue weighted by Gasteiger charge is -2.24. The van der Waals surface area contributed by atoms with Crippen LogP contribution < -0.4 is 10.1 Å². The summed E-state index contributed by atoms with van der Waals surface area (Å²) in [4.78, 5) is 0. The fourth-order valence-electron chi connectivity index (χ4n) is 2.91. The highest BCUT2D eigenvalue weighted by molar-refractivity contribution is 5.28. The van der Waals surface area contributed by atoms with Crippen molar-refractivity contribution in [3.05, 3.63) is 29.8 Å². The zero-order valence-corrected chi connectivity index (χ0v) is 11.9. The molecule has 0 saturated heterocycles. The van der Waals surface area contributed by atoms with E-state index in [1.165, 1.54) is 18.4 Å². The third-order valence-corrected chi connectivity index (χ3v) is 4.55.